The summed E-state index contributed by atoms with van der Waals surface area (Å²) < 4.78 is 12.0. The minimum atomic E-state index is -0.294. The summed E-state index contributed by atoms with van der Waals surface area (Å²) in [5.74, 6) is 0.917. The Morgan fingerprint density at radius 3 is 2.38 bits per heavy atom. The number of carbonyl (C=O) groups is 2. The zero-order chi connectivity index (χ0) is 27.5. The number of carbonyl (C=O) groups excluding carboxylic acids is 2. The molecule has 40 heavy (non-hydrogen) atoms. The highest BCUT2D eigenvalue weighted by molar-refractivity contribution is 8.18. The van der Waals surface area contributed by atoms with Crippen LogP contribution in [0.1, 0.15) is 23.6 Å². The van der Waals surface area contributed by atoms with Crippen LogP contribution in [0, 0.1) is 0 Å². The van der Waals surface area contributed by atoms with E-state index in [1.807, 2.05) is 79.7 Å². The van der Waals surface area contributed by atoms with Gasteiger partial charge in [-0.3, -0.25) is 14.5 Å². The van der Waals surface area contributed by atoms with Crippen molar-refractivity contribution in [3.63, 3.8) is 0 Å². The Labute approximate surface area is 237 Å². The Balaban J connectivity index is 1.20. The third-order valence-electron chi connectivity index (χ3n) is 6.86. The van der Waals surface area contributed by atoms with Gasteiger partial charge in [0, 0.05) is 0 Å². The molecular weight excluding hydrogens is 518 g/mol. The van der Waals surface area contributed by atoms with E-state index in [2.05, 4.69) is 30.3 Å². The van der Waals surface area contributed by atoms with Crippen LogP contribution < -0.4 is 9.47 Å². The molecule has 6 rings (SSSR count). The summed E-state index contributed by atoms with van der Waals surface area (Å²) in [6.45, 7) is 3.02. The number of nitrogens with zero attached hydrogens (tertiary/aromatic N) is 1. The number of amides is 2. The molecule has 198 valence electrons. The van der Waals surface area contributed by atoms with Crippen LogP contribution in [0.25, 0.3) is 27.6 Å². The number of rotatable bonds is 8. The molecular formula is C34H27NO4S. The SMILES string of the molecule is CCOc1cc(/C=C2/SC(=O)N(Cc3cccc4ccccc34)C2=O)ccc1OCc1ccc2ccccc2c1. The molecule has 0 radical (unpaired) electrons. The van der Waals surface area contributed by atoms with E-state index >= 15 is 0 Å². The van der Waals surface area contributed by atoms with Crippen LogP contribution >= 0.6 is 11.8 Å². The van der Waals surface area contributed by atoms with E-state index in [1.54, 1.807) is 6.08 Å². The van der Waals surface area contributed by atoms with Crippen molar-refractivity contribution in [3.05, 3.63) is 125 Å². The zero-order valence-corrected chi connectivity index (χ0v) is 22.8. The number of imide groups is 1. The van der Waals surface area contributed by atoms with Gasteiger partial charge >= 0.3 is 0 Å². The van der Waals surface area contributed by atoms with Gasteiger partial charge in [0.2, 0.25) is 0 Å². The molecule has 1 heterocycles. The summed E-state index contributed by atoms with van der Waals surface area (Å²) in [7, 11) is 0. The maximum Gasteiger partial charge on any atom is 0.293 e. The van der Waals surface area contributed by atoms with Crippen molar-refractivity contribution in [1.29, 1.82) is 0 Å². The van der Waals surface area contributed by atoms with E-state index in [0.29, 0.717) is 29.6 Å². The van der Waals surface area contributed by atoms with Crippen molar-refractivity contribution < 1.29 is 19.1 Å². The van der Waals surface area contributed by atoms with Crippen LogP contribution in [0.2, 0.25) is 0 Å². The lowest BCUT2D eigenvalue weighted by molar-refractivity contribution is -0.123. The fourth-order valence-electron chi connectivity index (χ4n) is 4.88. The molecule has 1 aliphatic heterocycles. The second-order valence-corrected chi connectivity index (χ2v) is 10.5. The van der Waals surface area contributed by atoms with Crippen LogP contribution in [0.4, 0.5) is 4.79 Å². The Kier molecular flexibility index (Phi) is 7.25. The highest BCUT2D eigenvalue weighted by atomic mass is 32.2. The largest absolute Gasteiger partial charge is 0.490 e. The smallest absolute Gasteiger partial charge is 0.293 e. The Morgan fingerprint density at radius 1 is 0.750 bits per heavy atom. The second-order valence-electron chi connectivity index (χ2n) is 9.52. The molecule has 0 saturated carbocycles. The summed E-state index contributed by atoms with van der Waals surface area (Å²) in [5, 5.41) is 4.19. The summed E-state index contributed by atoms with van der Waals surface area (Å²) >= 11 is 0.960. The van der Waals surface area contributed by atoms with Crippen molar-refractivity contribution in [2.45, 2.75) is 20.1 Å². The fourth-order valence-corrected chi connectivity index (χ4v) is 5.72. The van der Waals surface area contributed by atoms with Crippen LogP contribution in [0.5, 0.6) is 11.5 Å². The van der Waals surface area contributed by atoms with E-state index in [0.717, 1.165) is 39.2 Å². The zero-order valence-electron chi connectivity index (χ0n) is 22.0. The molecule has 1 fully saturated rings. The highest BCUT2D eigenvalue weighted by Crippen LogP contribution is 2.36. The maximum atomic E-state index is 13.3. The quantitative estimate of drug-likeness (QED) is 0.184. The molecule has 5 nitrogen and oxygen atoms in total. The monoisotopic (exact) mass is 545 g/mol. The van der Waals surface area contributed by atoms with E-state index in [9.17, 15) is 9.59 Å². The van der Waals surface area contributed by atoms with Crippen molar-refractivity contribution in [3.8, 4) is 11.5 Å². The Morgan fingerprint density at radius 2 is 1.52 bits per heavy atom. The van der Waals surface area contributed by atoms with Gasteiger partial charge in [0.25, 0.3) is 11.1 Å². The lowest BCUT2D eigenvalue weighted by Crippen LogP contribution is -2.27. The number of benzene rings is 5. The fraction of sp³-hybridized carbons (Fsp3) is 0.118. The van der Waals surface area contributed by atoms with Gasteiger partial charge in [-0.1, -0.05) is 84.9 Å². The molecule has 0 N–H and O–H groups in total. The van der Waals surface area contributed by atoms with Gasteiger partial charge in [0.05, 0.1) is 18.1 Å². The molecule has 0 spiro atoms. The van der Waals surface area contributed by atoms with Gasteiger partial charge in [-0.25, -0.2) is 0 Å². The number of hydrogen-bond acceptors (Lipinski definition) is 5. The van der Waals surface area contributed by atoms with E-state index in [-0.39, 0.29) is 17.7 Å². The number of hydrogen-bond donors (Lipinski definition) is 0. The van der Waals surface area contributed by atoms with Gasteiger partial charge in [-0.15, -0.1) is 0 Å². The molecule has 1 saturated heterocycles. The van der Waals surface area contributed by atoms with Gasteiger partial charge in [-0.05, 0) is 81.2 Å². The van der Waals surface area contributed by atoms with Crippen molar-refractivity contribution in [2.75, 3.05) is 6.61 Å². The normalized spacial score (nSPS) is 14.4. The first-order chi connectivity index (χ1) is 19.6. The van der Waals surface area contributed by atoms with Crippen LogP contribution in [-0.2, 0) is 17.9 Å². The van der Waals surface area contributed by atoms with Gasteiger partial charge in [0.1, 0.15) is 6.61 Å². The maximum absolute atomic E-state index is 13.3. The lowest BCUT2D eigenvalue weighted by Gasteiger charge is -2.14. The molecule has 0 aliphatic carbocycles. The first-order valence-electron chi connectivity index (χ1n) is 13.2. The lowest BCUT2D eigenvalue weighted by atomic mass is 10.0. The predicted octanol–water partition coefficient (Wildman–Crippen LogP) is 8.21. The number of fused-ring (bicyclic) bond motifs is 2. The van der Waals surface area contributed by atoms with Gasteiger partial charge in [-0.2, -0.15) is 0 Å². The van der Waals surface area contributed by atoms with Crippen LogP contribution in [0.3, 0.4) is 0 Å². The molecule has 0 bridgehead atoms. The second kappa shape index (κ2) is 11.3. The highest BCUT2D eigenvalue weighted by Gasteiger charge is 2.35. The summed E-state index contributed by atoms with van der Waals surface area (Å²) in [5.41, 5.74) is 2.76. The molecule has 2 amide bonds. The summed E-state index contributed by atoms with van der Waals surface area (Å²) in [4.78, 5) is 27.8. The molecule has 5 aromatic rings. The number of ether oxygens (including phenoxy) is 2. The molecule has 6 heteroatoms. The predicted molar refractivity (Wildman–Crippen MR) is 161 cm³/mol. The average Bonchev–Trinajstić information content (AvgIpc) is 3.24. The first kappa shape index (κ1) is 25.7. The molecule has 0 unspecified atom stereocenters. The molecule has 0 aromatic heterocycles. The first-order valence-corrected chi connectivity index (χ1v) is 14.0. The number of thioether (sulfide) groups is 1. The van der Waals surface area contributed by atoms with E-state index in [4.69, 9.17) is 9.47 Å². The Hall–Kier alpha value is -4.55. The van der Waals surface area contributed by atoms with Crippen LogP contribution in [-0.4, -0.2) is 22.7 Å². The molecule has 0 atom stereocenters. The molecule has 5 aromatic carbocycles. The topological polar surface area (TPSA) is 55.8 Å². The average molecular weight is 546 g/mol. The molecule has 1 aliphatic rings. The van der Waals surface area contributed by atoms with Crippen LogP contribution in [0.15, 0.2) is 108 Å². The van der Waals surface area contributed by atoms with Crippen molar-refractivity contribution >= 4 is 50.5 Å². The van der Waals surface area contributed by atoms with E-state index in [1.165, 1.54) is 15.7 Å². The third kappa shape index (κ3) is 5.31. The minimum absolute atomic E-state index is 0.231. The summed E-state index contributed by atoms with van der Waals surface area (Å²) in [6.07, 6.45) is 1.74. The Bertz CT molecular complexity index is 1770. The minimum Gasteiger partial charge on any atom is -0.490 e. The standard InChI is InChI=1S/C34H27NO4S/c1-2-38-31-19-23(15-17-30(31)39-22-24-14-16-25-8-3-4-10-27(25)18-24)20-32-33(36)35(34(37)40-32)21-28-12-7-11-26-9-5-6-13-29(26)28/h3-20H,2,21-22H2,1H3/b32-20+. The van der Waals surface area contributed by atoms with E-state index < -0.39 is 0 Å². The summed E-state index contributed by atoms with van der Waals surface area (Å²) in [6, 6.07) is 34.0. The van der Waals surface area contributed by atoms with Crippen molar-refractivity contribution in [2.24, 2.45) is 0 Å². The van der Waals surface area contributed by atoms with Gasteiger partial charge < -0.3 is 9.47 Å². The third-order valence-corrected chi connectivity index (χ3v) is 7.76. The van der Waals surface area contributed by atoms with Gasteiger partial charge in [0.15, 0.2) is 11.5 Å². The van der Waals surface area contributed by atoms with Crippen molar-refractivity contribution in [1.82, 2.24) is 4.90 Å².